The standard InChI is InChI=1S/C18H13ClN2O2S/c19-16-9-1-5-14(13-16)6-3-12-21-24(22,23)17-10-2-7-15-8-4-11-20-18(15)17/h1-2,4-5,7-11,13,21H,12H2. The van der Waals surface area contributed by atoms with Gasteiger partial charge in [0, 0.05) is 22.2 Å². The van der Waals surface area contributed by atoms with E-state index < -0.39 is 10.0 Å². The maximum atomic E-state index is 12.5. The van der Waals surface area contributed by atoms with Crippen LogP contribution in [0, 0.1) is 11.8 Å². The lowest BCUT2D eigenvalue weighted by atomic mass is 10.2. The van der Waals surface area contributed by atoms with Crippen LogP contribution < -0.4 is 4.72 Å². The van der Waals surface area contributed by atoms with Crippen LogP contribution in [-0.2, 0) is 10.0 Å². The molecule has 1 heterocycles. The lowest BCUT2D eigenvalue weighted by Gasteiger charge is -2.06. The van der Waals surface area contributed by atoms with Crippen LogP contribution in [0.1, 0.15) is 5.56 Å². The lowest BCUT2D eigenvalue weighted by Crippen LogP contribution is -2.24. The highest BCUT2D eigenvalue weighted by molar-refractivity contribution is 7.89. The summed E-state index contributed by atoms with van der Waals surface area (Å²) in [5.41, 5.74) is 1.17. The summed E-state index contributed by atoms with van der Waals surface area (Å²) in [4.78, 5) is 4.31. The Morgan fingerprint density at radius 2 is 1.88 bits per heavy atom. The first kappa shape index (κ1) is 16.5. The predicted molar refractivity (Wildman–Crippen MR) is 95.3 cm³/mol. The SMILES string of the molecule is O=S(=O)(NCC#Cc1cccc(Cl)c1)c1cccc2cccnc12. The minimum absolute atomic E-state index is 0.00192. The summed E-state index contributed by atoms with van der Waals surface area (Å²) in [7, 11) is -3.69. The molecule has 1 aromatic heterocycles. The third-order valence-corrected chi connectivity index (χ3v) is 4.96. The second-order valence-electron chi connectivity index (χ2n) is 4.97. The van der Waals surface area contributed by atoms with Crippen LogP contribution in [0.3, 0.4) is 0 Å². The molecule has 0 radical (unpaired) electrons. The van der Waals surface area contributed by atoms with Gasteiger partial charge in [0.15, 0.2) is 0 Å². The normalized spacial score (nSPS) is 11.0. The van der Waals surface area contributed by atoms with E-state index >= 15 is 0 Å². The van der Waals surface area contributed by atoms with Crippen molar-refractivity contribution in [3.05, 3.63) is 71.4 Å². The largest absolute Gasteiger partial charge is 0.255 e. The van der Waals surface area contributed by atoms with Crippen molar-refractivity contribution in [1.29, 1.82) is 0 Å². The van der Waals surface area contributed by atoms with Crippen molar-refractivity contribution in [2.45, 2.75) is 4.90 Å². The molecule has 0 aliphatic rings. The van der Waals surface area contributed by atoms with Gasteiger partial charge in [0.05, 0.1) is 12.1 Å². The molecule has 0 saturated carbocycles. The molecule has 0 aliphatic heterocycles. The van der Waals surface area contributed by atoms with Crippen LogP contribution in [0.15, 0.2) is 65.7 Å². The summed E-state index contributed by atoms with van der Waals surface area (Å²) in [6, 6.07) is 15.7. The predicted octanol–water partition coefficient (Wildman–Crippen LogP) is 3.22. The van der Waals surface area contributed by atoms with Gasteiger partial charge in [-0.25, -0.2) is 8.42 Å². The molecule has 3 rings (SSSR count). The van der Waals surface area contributed by atoms with Crippen LogP contribution in [0.5, 0.6) is 0 Å². The maximum Gasteiger partial charge on any atom is 0.243 e. The zero-order valence-electron chi connectivity index (χ0n) is 12.5. The molecule has 1 N–H and O–H groups in total. The highest BCUT2D eigenvalue weighted by atomic mass is 35.5. The monoisotopic (exact) mass is 356 g/mol. The van der Waals surface area contributed by atoms with Crippen molar-refractivity contribution < 1.29 is 8.42 Å². The molecule has 120 valence electrons. The summed E-state index contributed by atoms with van der Waals surface area (Å²) in [6.45, 7) is -0.00192. The maximum absolute atomic E-state index is 12.5. The molecular weight excluding hydrogens is 344 g/mol. The van der Waals surface area contributed by atoms with Crippen LogP contribution in [0.4, 0.5) is 0 Å². The number of aromatic nitrogens is 1. The van der Waals surface area contributed by atoms with Gasteiger partial charge in [0.25, 0.3) is 0 Å². The molecule has 0 fully saturated rings. The molecule has 0 saturated heterocycles. The van der Waals surface area contributed by atoms with Gasteiger partial charge in [-0.3, -0.25) is 4.98 Å². The Hall–Kier alpha value is -2.39. The van der Waals surface area contributed by atoms with Gasteiger partial charge in [-0.1, -0.05) is 47.7 Å². The fraction of sp³-hybridized carbons (Fsp3) is 0.0556. The van der Waals surface area contributed by atoms with Crippen LogP contribution in [-0.4, -0.2) is 19.9 Å². The number of para-hydroxylation sites is 1. The topological polar surface area (TPSA) is 59.1 Å². The number of sulfonamides is 1. The Morgan fingerprint density at radius 3 is 2.71 bits per heavy atom. The molecule has 4 nitrogen and oxygen atoms in total. The number of hydrogen-bond donors (Lipinski definition) is 1. The van der Waals surface area contributed by atoms with E-state index in [2.05, 4.69) is 21.5 Å². The van der Waals surface area contributed by atoms with Gasteiger partial charge in [0.2, 0.25) is 10.0 Å². The first-order chi connectivity index (χ1) is 11.6. The molecule has 0 atom stereocenters. The fourth-order valence-electron chi connectivity index (χ4n) is 2.21. The summed E-state index contributed by atoms with van der Waals surface area (Å²) in [6.07, 6.45) is 1.57. The number of pyridine rings is 1. The number of fused-ring (bicyclic) bond motifs is 1. The van der Waals surface area contributed by atoms with E-state index in [0.717, 1.165) is 10.9 Å². The molecule has 0 unspecified atom stereocenters. The van der Waals surface area contributed by atoms with E-state index in [4.69, 9.17) is 11.6 Å². The molecule has 0 amide bonds. The van der Waals surface area contributed by atoms with E-state index in [-0.39, 0.29) is 11.4 Å². The summed E-state index contributed by atoms with van der Waals surface area (Å²) in [5.74, 6) is 5.65. The van der Waals surface area contributed by atoms with E-state index in [1.165, 1.54) is 6.07 Å². The molecule has 3 aromatic rings. The van der Waals surface area contributed by atoms with Gasteiger partial charge in [-0.2, -0.15) is 4.72 Å². The number of nitrogens with one attached hydrogen (secondary N) is 1. The van der Waals surface area contributed by atoms with Crippen molar-refractivity contribution in [1.82, 2.24) is 9.71 Å². The van der Waals surface area contributed by atoms with Crippen molar-refractivity contribution in [2.24, 2.45) is 0 Å². The van der Waals surface area contributed by atoms with Gasteiger partial charge >= 0.3 is 0 Å². The van der Waals surface area contributed by atoms with Gasteiger partial charge < -0.3 is 0 Å². The Morgan fingerprint density at radius 1 is 1.08 bits per heavy atom. The van der Waals surface area contributed by atoms with Crippen molar-refractivity contribution in [2.75, 3.05) is 6.54 Å². The number of nitrogens with zero attached hydrogens (tertiary/aromatic N) is 1. The Kier molecular flexibility index (Phi) is 4.81. The number of hydrogen-bond acceptors (Lipinski definition) is 3. The van der Waals surface area contributed by atoms with Crippen molar-refractivity contribution in [3.8, 4) is 11.8 Å². The van der Waals surface area contributed by atoms with Crippen LogP contribution >= 0.6 is 11.6 Å². The minimum Gasteiger partial charge on any atom is -0.255 e. The van der Waals surface area contributed by atoms with E-state index in [1.54, 1.807) is 36.5 Å². The van der Waals surface area contributed by atoms with E-state index in [9.17, 15) is 8.42 Å². The third kappa shape index (κ3) is 3.74. The zero-order chi connectivity index (χ0) is 17.0. The van der Waals surface area contributed by atoms with Gasteiger partial charge in [0.1, 0.15) is 4.90 Å². The van der Waals surface area contributed by atoms with Crippen LogP contribution in [0.25, 0.3) is 10.9 Å². The second kappa shape index (κ2) is 7.02. The van der Waals surface area contributed by atoms with Crippen molar-refractivity contribution >= 4 is 32.5 Å². The zero-order valence-corrected chi connectivity index (χ0v) is 14.1. The Balaban J connectivity index is 1.80. The summed E-state index contributed by atoms with van der Waals surface area (Å²) < 4.78 is 27.4. The second-order valence-corrected chi connectivity index (χ2v) is 7.14. The number of rotatable bonds is 3. The molecule has 0 spiro atoms. The van der Waals surface area contributed by atoms with E-state index in [1.807, 2.05) is 18.2 Å². The Bertz CT molecular complexity index is 1050. The highest BCUT2D eigenvalue weighted by Crippen LogP contribution is 2.20. The van der Waals surface area contributed by atoms with Crippen LogP contribution in [0.2, 0.25) is 5.02 Å². The summed E-state index contributed by atoms with van der Waals surface area (Å²) >= 11 is 5.88. The summed E-state index contributed by atoms with van der Waals surface area (Å²) in [5, 5.41) is 1.36. The minimum atomic E-state index is -3.69. The fourth-order valence-corrected chi connectivity index (χ4v) is 3.51. The number of halogens is 1. The third-order valence-electron chi connectivity index (χ3n) is 3.29. The first-order valence-corrected chi connectivity index (χ1v) is 9.00. The van der Waals surface area contributed by atoms with Crippen molar-refractivity contribution in [3.63, 3.8) is 0 Å². The molecule has 0 aliphatic carbocycles. The lowest BCUT2D eigenvalue weighted by molar-refractivity contribution is 0.587. The molecular formula is C18H13ClN2O2S. The molecule has 24 heavy (non-hydrogen) atoms. The average molecular weight is 357 g/mol. The Labute approximate surface area is 145 Å². The van der Waals surface area contributed by atoms with Gasteiger partial charge in [-0.15, -0.1) is 0 Å². The number of benzene rings is 2. The molecule has 0 bridgehead atoms. The molecule has 6 heteroatoms. The highest BCUT2D eigenvalue weighted by Gasteiger charge is 2.16. The average Bonchev–Trinajstić information content (AvgIpc) is 2.58. The van der Waals surface area contributed by atoms with Gasteiger partial charge in [-0.05, 0) is 30.3 Å². The molecule has 2 aromatic carbocycles. The smallest absolute Gasteiger partial charge is 0.243 e. The van der Waals surface area contributed by atoms with E-state index in [0.29, 0.717) is 10.5 Å². The quantitative estimate of drug-likeness (QED) is 0.733. The first-order valence-electron chi connectivity index (χ1n) is 7.14.